The monoisotopic (exact) mass is 364 g/mol. The minimum absolute atomic E-state index is 0.208. The molecule has 0 spiro atoms. The van der Waals surface area contributed by atoms with Gasteiger partial charge in [-0.3, -0.25) is 14.5 Å². The number of amides is 2. The van der Waals surface area contributed by atoms with E-state index in [-0.39, 0.29) is 11.9 Å². The van der Waals surface area contributed by atoms with Gasteiger partial charge in [0.15, 0.2) is 0 Å². The number of hydrogen-bond acceptors (Lipinski definition) is 4. The molecule has 0 bridgehead atoms. The molecule has 3 fully saturated rings. The molecule has 148 valence electrons. The van der Waals surface area contributed by atoms with Gasteiger partial charge in [0.25, 0.3) is 0 Å². The average Bonchev–Trinajstić information content (AvgIpc) is 2.63. The molecule has 6 nitrogen and oxygen atoms in total. The molecule has 1 atom stereocenters. The van der Waals surface area contributed by atoms with Gasteiger partial charge in [0.05, 0.1) is 6.54 Å². The van der Waals surface area contributed by atoms with Gasteiger partial charge in [-0.05, 0) is 32.7 Å². The van der Waals surface area contributed by atoms with E-state index in [4.69, 9.17) is 0 Å². The van der Waals surface area contributed by atoms with Crippen molar-refractivity contribution in [3.8, 4) is 0 Å². The SMILES string of the molecule is CC1CN(CC(=O)N2CCN(C)CC2)CCN1C(=O)CC1CCCCC1. The third kappa shape index (κ3) is 5.19. The molecule has 0 aromatic rings. The molecule has 3 rings (SSSR count). The van der Waals surface area contributed by atoms with Crippen LogP contribution >= 0.6 is 0 Å². The highest BCUT2D eigenvalue weighted by atomic mass is 16.2. The largest absolute Gasteiger partial charge is 0.339 e. The molecule has 2 amide bonds. The molecule has 0 radical (unpaired) electrons. The number of hydrogen-bond donors (Lipinski definition) is 0. The Morgan fingerprint density at radius 3 is 2.23 bits per heavy atom. The van der Waals surface area contributed by atoms with Crippen LogP contribution in [0, 0.1) is 5.92 Å². The quantitative estimate of drug-likeness (QED) is 0.754. The van der Waals surface area contributed by atoms with Crippen LogP contribution in [0.5, 0.6) is 0 Å². The van der Waals surface area contributed by atoms with Crippen molar-refractivity contribution >= 4 is 11.8 Å². The van der Waals surface area contributed by atoms with E-state index in [0.717, 1.165) is 52.2 Å². The summed E-state index contributed by atoms with van der Waals surface area (Å²) in [6, 6.07) is 0.208. The summed E-state index contributed by atoms with van der Waals surface area (Å²) in [5, 5.41) is 0. The number of nitrogens with zero attached hydrogens (tertiary/aromatic N) is 4. The first kappa shape index (κ1) is 19.6. The number of carbonyl (C=O) groups is 2. The lowest BCUT2D eigenvalue weighted by Crippen LogP contribution is -2.57. The van der Waals surface area contributed by atoms with Crippen LogP contribution in [0.1, 0.15) is 45.4 Å². The highest BCUT2D eigenvalue weighted by Gasteiger charge is 2.30. The van der Waals surface area contributed by atoms with Crippen molar-refractivity contribution < 1.29 is 9.59 Å². The van der Waals surface area contributed by atoms with Crippen LogP contribution < -0.4 is 0 Å². The molecule has 1 saturated carbocycles. The first-order valence-corrected chi connectivity index (χ1v) is 10.5. The topological polar surface area (TPSA) is 47.1 Å². The molecule has 0 aromatic carbocycles. The predicted molar refractivity (Wildman–Crippen MR) is 103 cm³/mol. The van der Waals surface area contributed by atoms with Gasteiger partial charge < -0.3 is 14.7 Å². The minimum atomic E-state index is 0.208. The van der Waals surface area contributed by atoms with Crippen LogP contribution in [0.3, 0.4) is 0 Å². The Bertz CT molecular complexity index is 484. The van der Waals surface area contributed by atoms with E-state index in [1.165, 1.54) is 32.1 Å². The van der Waals surface area contributed by atoms with E-state index in [2.05, 4.69) is 28.7 Å². The Morgan fingerprint density at radius 1 is 0.885 bits per heavy atom. The fourth-order valence-corrected chi connectivity index (χ4v) is 4.65. The molecule has 1 unspecified atom stereocenters. The van der Waals surface area contributed by atoms with Crippen molar-refractivity contribution in [1.29, 1.82) is 0 Å². The van der Waals surface area contributed by atoms with Crippen LogP contribution in [0.4, 0.5) is 0 Å². The van der Waals surface area contributed by atoms with Crippen molar-refractivity contribution in [2.45, 2.75) is 51.5 Å². The fraction of sp³-hybridized carbons (Fsp3) is 0.900. The van der Waals surface area contributed by atoms with Crippen LogP contribution in [0.2, 0.25) is 0 Å². The van der Waals surface area contributed by atoms with E-state index in [1.807, 2.05) is 4.90 Å². The molecule has 1 aliphatic carbocycles. The van der Waals surface area contributed by atoms with Gasteiger partial charge in [-0.2, -0.15) is 0 Å². The summed E-state index contributed by atoms with van der Waals surface area (Å²) in [6.07, 6.45) is 7.08. The Hall–Kier alpha value is -1.14. The second-order valence-corrected chi connectivity index (χ2v) is 8.56. The molecule has 2 heterocycles. The van der Waals surface area contributed by atoms with Gasteiger partial charge >= 0.3 is 0 Å². The van der Waals surface area contributed by atoms with Gasteiger partial charge in [0, 0.05) is 58.3 Å². The highest BCUT2D eigenvalue weighted by molar-refractivity contribution is 5.79. The van der Waals surface area contributed by atoms with E-state index in [0.29, 0.717) is 18.4 Å². The Labute approximate surface area is 158 Å². The van der Waals surface area contributed by atoms with Crippen molar-refractivity contribution in [2.75, 3.05) is 59.4 Å². The summed E-state index contributed by atoms with van der Waals surface area (Å²) in [7, 11) is 2.10. The fourth-order valence-electron chi connectivity index (χ4n) is 4.65. The van der Waals surface area contributed by atoms with E-state index in [9.17, 15) is 9.59 Å². The zero-order valence-corrected chi connectivity index (χ0v) is 16.7. The maximum atomic E-state index is 12.7. The number of piperazine rings is 2. The molecule has 0 N–H and O–H groups in total. The molecule has 2 saturated heterocycles. The maximum absolute atomic E-state index is 12.7. The normalized spacial score (nSPS) is 26.9. The highest BCUT2D eigenvalue weighted by Crippen LogP contribution is 2.27. The average molecular weight is 365 g/mol. The lowest BCUT2D eigenvalue weighted by Gasteiger charge is -2.41. The summed E-state index contributed by atoms with van der Waals surface area (Å²) in [5.74, 6) is 1.17. The third-order valence-corrected chi connectivity index (χ3v) is 6.43. The number of likely N-dealkylation sites (N-methyl/N-ethyl adjacent to an activating group) is 1. The minimum Gasteiger partial charge on any atom is -0.339 e. The van der Waals surface area contributed by atoms with Crippen molar-refractivity contribution in [1.82, 2.24) is 19.6 Å². The smallest absolute Gasteiger partial charge is 0.236 e. The van der Waals surface area contributed by atoms with Gasteiger partial charge in [-0.15, -0.1) is 0 Å². The Morgan fingerprint density at radius 2 is 1.58 bits per heavy atom. The maximum Gasteiger partial charge on any atom is 0.236 e. The molecule has 0 aromatic heterocycles. The Kier molecular flexibility index (Phi) is 6.92. The van der Waals surface area contributed by atoms with Crippen LogP contribution in [0.15, 0.2) is 0 Å². The van der Waals surface area contributed by atoms with E-state index >= 15 is 0 Å². The van der Waals surface area contributed by atoms with E-state index in [1.54, 1.807) is 0 Å². The lowest BCUT2D eigenvalue weighted by molar-refractivity contribution is -0.138. The predicted octanol–water partition coefficient (Wildman–Crippen LogP) is 1.26. The standard InChI is InChI=1S/C20H36N4O2/c1-17-15-22(16-20(26)23-11-8-21(2)9-12-23)10-13-24(17)19(25)14-18-6-4-3-5-7-18/h17-18H,3-16H2,1-2H3. The summed E-state index contributed by atoms with van der Waals surface area (Å²) < 4.78 is 0. The van der Waals surface area contributed by atoms with Gasteiger partial charge in [0.2, 0.25) is 11.8 Å². The molecule has 2 aliphatic heterocycles. The molecule has 6 heteroatoms. The summed E-state index contributed by atoms with van der Waals surface area (Å²) in [4.78, 5) is 33.8. The summed E-state index contributed by atoms with van der Waals surface area (Å²) in [6.45, 7) is 8.63. The zero-order valence-electron chi connectivity index (χ0n) is 16.7. The Balaban J connectivity index is 1.42. The second-order valence-electron chi connectivity index (χ2n) is 8.56. The first-order chi connectivity index (χ1) is 12.5. The first-order valence-electron chi connectivity index (χ1n) is 10.5. The van der Waals surface area contributed by atoms with Gasteiger partial charge in [-0.1, -0.05) is 19.3 Å². The number of rotatable bonds is 4. The van der Waals surface area contributed by atoms with Crippen LogP contribution in [-0.2, 0) is 9.59 Å². The van der Waals surface area contributed by atoms with Crippen molar-refractivity contribution in [3.05, 3.63) is 0 Å². The zero-order chi connectivity index (χ0) is 18.5. The van der Waals surface area contributed by atoms with Gasteiger partial charge in [-0.25, -0.2) is 0 Å². The van der Waals surface area contributed by atoms with Crippen molar-refractivity contribution in [2.24, 2.45) is 5.92 Å². The molecule has 26 heavy (non-hydrogen) atoms. The van der Waals surface area contributed by atoms with Gasteiger partial charge in [0.1, 0.15) is 0 Å². The van der Waals surface area contributed by atoms with Crippen LogP contribution in [-0.4, -0.2) is 96.9 Å². The van der Waals surface area contributed by atoms with E-state index < -0.39 is 0 Å². The summed E-state index contributed by atoms with van der Waals surface area (Å²) >= 11 is 0. The molecular formula is C20H36N4O2. The number of carbonyl (C=O) groups excluding carboxylic acids is 2. The lowest BCUT2D eigenvalue weighted by atomic mass is 9.86. The molecule has 3 aliphatic rings. The van der Waals surface area contributed by atoms with Crippen molar-refractivity contribution in [3.63, 3.8) is 0 Å². The molecular weight excluding hydrogens is 328 g/mol. The third-order valence-electron chi connectivity index (χ3n) is 6.43. The second kappa shape index (κ2) is 9.18. The van der Waals surface area contributed by atoms with Crippen LogP contribution in [0.25, 0.3) is 0 Å². The summed E-state index contributed by atoms with van der Waals surface area (Å²) in [5.41, 5.74) is 0.